The van der Waals surface area contributed by atoms with Crippen molar-refractivity contribution in [1.82, 2.24) is 24.5 Å². The molecule has 0 atom stereocenters. The van der Waals surface area contributed by atoms with Crippen molar-refractivity contribution in [1.29, 1.82) is 0 Å². The fraction of sp³-hybridized carbons (Fsp3) is 0.357. The second kappa shape index (κ2) is 6.58. The molecule has 0 aliphatic heterocycles. The Bertz CT molecular complexity index is 658. The zero-order valence-electron chi connectivity index (χ0n) is 12.3. The van der Waals surface area contributed by atoms with Crippen LogP contribution in [-0.4, -0.2) is 37.4 Å². The Morgan fingerprint density at radius 2 is 2.19 bits per heavy atom. The molecule has 2 heterocycles. The van der Waals surface area contributed by atoms with Crippen LogP contribution in [0.2, 0.25) is 5.02 Å². The zero-order chi connectivity index (χ0) is 15.4. The van der Waals surface area contributed by atoms with Crippen LogP contribution in [0.3, 0.4) is 0 Å². The third kappa shape index (κ3) is 3.72. The van der Waals surface area contributed by atoms with Crippen molar-refractivity contribution in [3.8, 4) is 0 Å². The number of aryl methyl sites for hydroxylation is 2. The van der Waals surface area contributed by atoms with E-state index in [0.717, 1.165) is 17.8 Å². The van der Waals surface area contributed by atoms with Gasteiger partial charge in [0.05, 0.1) is 29.7 Å². The van der Waals surface area contributed by atoms with E-state index in [0.29, 0.717) is 11.6 Å². The van der Waals surface area contributed by atoms with E-state index in [-0.39, 0.29) is 5.91 Å². The molecular weight excluding hydrogens is 290 g/mol. The smallest absolute Gasteiger partial charge is 0.246 e. The van der Waals surface area contributed by atoms with Crippen LogP contribution in [0.1, 0.15) is 18.2 Å². The summed E-state index contributed by atoms with van der Waals surface area (Å²) in [7, 11) is 3.57. The van der Waals surface area contributed by atoms with E-state index < -0.39 is 0 Å². The number of aromatic nitrogens is 4. The van der Waals surface area contributed by atoms with Gasteiger partial charge in [0, 0.05) is 38.5 Å². The summed E-state index contributed by atoms with van der Waals surface area (Å²) in [6, 6.07) is 0. The molecule has 0 aromatic carbocycles. The maximum absolute atomic E-state index is 12.1. The minimum atomic E-state index is -0.0984. The predicted octanol–water partition coefficient (Wildman–Crippen LogP) is 1.96. The number of amides is 1. The van der Waals surface area contributed by atoms with Gasteiger partial charge in [0.25, 0.3) is 0 Å². The van der Waals surface area contributed by atoms with E-state index in [4.69, 9.17) is 11.6 Å². The maximum atomic E-state index is 12.1. The minimum Gasteiger partial charge on any atom is -0.336 e. The van der Waals surface area contributed by atoms with Gasteiger partial charge in [0.1, 0.15) is 0 Å². The van der Waals surface area contributed by atoms with Gasteiger partial charge in [-0.25, -0.2) is 0 Å². The summed E-state index contributed by atoms with van der Waals surface area (Å²) in [5, 5.41) is 8.78. The Balaban J connectivity index is 2.02. The van der Waals surface area contributed by atoms with Crippen LogP contribution in [0.4, 0.5) is 0 Å². The molecule has 0 spiro atoms. The predicted molar refractivity (Wildman–Crippen MR) is 81.6 cm³/mol. The van der Waals surface area contributed by atoms with Gasteiger partial charge < -0.3 is 4.90 Å². The topological polar surface area (TPSA) is 56.0 Å². The van der Waals surface area contributed by atoms with E-state index in [1.165, 1.54) is 6.08 Å². The van der Waals surface area contributed by atoms with Crippen LogP contribution in [0.25, 0.3) is 6.08 Å². The van der Waals surface area contributed by atoms with E-state index in [2.05, 4.69) is 10.2 Å². The average molecular weight is 308 g/mol. The number of rotatable bonds is 5. The second-order valence-corrected chi connectivity index (χ2v) is 5.14. The summed E-state index contributed by atoms with van der Waals surface area (Å²) in [6.45, 7) is 3.12. The maximum Gasteiger partial charge on any atom is 0.246 e. The third-order valence-corrected chi connectivity index (χ3v) is 3.42. The molecule has 7 heteroatoms. The fourth-order valence-corrected chi connectivity index (χ4v) is 2.14. The molecule has 0 aliphatic carbocycles. The summed E-state index contributed by atoms with van der Waals surface area (Å²) in [4.78, 5) is 13.7. The first-order valence-electron chi connectivity index (χ1n) is 6.63. The molecule has 0 aliphatic rings. The first kappa shape index (κ1) is 15.3. The lowest BCUT2D eigenvalue weighted by molar-refractivity contribution is -0.125. The lowest BCUT2D eigenvalue weighted by Crippen LogP contribution is -2.25. The fourth-order valence-electron chi connectivity index (χ4n) is 1.94. The Hall–Kier alpha value is -2.08. The molecule has 21 heavy (non-hydrogen) atoms. The highest BCUT2D eigenvalue weighted by Gasteiger charge is 2.13. The molecular formula is C14H18ClN5O. The van der Waals surface area contributed by atoms with Gasteiger partial charge in [-0.05, 0) is 13.0 Å². The molecule has 1 amide bonds. The summed E-state index contributed by atoms with van der Waals surface area (Å²) < 4.78 is 3.48. The highest BCUT2D eigenvalue weighted by atomic mass is 35.5. The zero-order valence-corrected chi connectivity index (χ0v) is 13.1. The van der Waals surface area contributed by atoms with Crippen LogP contribution in [0.15, 0.2) is 24.7 Å². The van der Waals surface area contributed by atoms with Gasteiger partial charge in [0.2, 0.25) is 5.91 Å². The van der Waals surface area contributed by atoms with Gasteiger partial charge in [-0.3, -0.25) is 14.2 Å². The number of nitrogens with zero attached hydrogens (tertiary/aromatic N) is 5. The monoisotopic (exact) mass is 307 g/mol. The van der Waals surface area contributed by atoms with Crippen molar-refractivity contribution in [2.45, 2.75) is 20.0 Å². The number of carbonyl (C=O) groups excluding carboxylic acids is 1. The molecule has 0 fully saturated rings. The third-order valence-electron chi connectivity index (χ3n) is 3.10. The van der Waals surface area contributed by atoms with Crippen molar-refractivity contribution in [3.05, 3.63) is 40.9 Å². The summed E-state index contributed by atoms with van der Waals surface area (Å²) in [5.41, 5.74) is 1.72. The van der Waals surface area contributed by atoms with Crippen LogP contribution in [-0.2, 0) is 24.9 Å². The number of halogens is 1. The van der Waals surface area contributed by atoms with Crippen molar-refractivity contribution >= 4 is 23.6 Å². The van der Waals surface area contributed by atoms with E-state index >= 15 is 0 Å². The van der Waals surface area contributed by atoms with E-state index in [1.54, 1.807) is 39.8 Å². The first-order chi connectivity index (χ1) is 10.0. The Kier molecular flexibility index (Phi) is 4.80. The molecule has 0 bridgehead atoms. The standard InChI is InChI=1S/C14H18ClN5O/c1-4-20-13(12(15)8-17-20)10-18(2)14(21)6-5-11-7-16-19(3)9-11/h5-9H,4,10H2,1-3H3/b6-5+. The van der Waals surface area contributed by atoms with Crippen molar-refractivity contribution in [2.75, 3.05) is 7.05 Å². The van der Waals surface area contributed by atoms with Crippen LogP contribution in [0.5, 0.6) is 0 Å². The molecule has 2 rings (SSSR count). The van der Waals surface area contributed by atoms with Crippen LogP contribution < -0.4 is 0 Å². The van der Waals surface area contributed by atoms with Gasteiger partial charge in [0.15, 0.2) is 0 Å². The van der Waals surface area contributed by atoms with Crippen molar-refractivity contribution in [3.63, 3.8) is 0 Å². The molecule has 0 radical (unpaired) electrons. The largest absolute Gasteiger partial charge is 0.336 e. The van der Waals surface area contributed by atoms with Crippen LogP contribution >= 0.6 is 11.6 Å². The molecule has 6 nitrogen and oxygen atoms in total. The first-order valence-corrected chi connectivity index (χ1v) is 7.01. The van der Waals surface area contributed by atoms with Gasteiger partial charge in [-0.1, -0.05) is 11.6 Å². The average Bonchev–Trinajstić information content (AvgIpc) is 3.03. The summed E-state index contributed by atoms with van der Waals surface area (Å²) >= 11 is 6.10. The molecule has 112 valence electrons. The van der Waals surface area contributed by atoms with Gasteiger partial charge >= 0.3 is 0 Å². The molecule has 0 saturated heterocycles. The SMILES string of the molecule is CCn1ncc(Cl)c1CN(C)C(=O)/C=C/c1cnn(C)c1. The molecule has 2 aromatic rings. The van der Waals surface area contributed by atoms with Gasteiger partial charge in [-0.2, -0.15) is 10.2 Å². The number of carbonyl (C=O) groups is 1. The van der Waals surface area contributed by atoms with Gasteiger partial charge in [-0.15, -0.1) is 0 Å². The summed E-state index contributed by atoms with van der Waals surface area (Å²) in [6.07, 6.45) is 8.41. The number of hydrogen-bond donors (Lipinski definition) is 0. The molecule has 0 N–H and O–H groups in total. The molecule has 0 unspecified atom stereocenters. The lowest BCUT2D eigenvalue weighted by Gasteiger charge is -2.16. The Labute approximate surface area is 128 Å². The highest BCUT2D eigenvalue weighted by molar-refractivity contribution is 6.31. The van der Waals surface area contributed by atoms with Crippen molar-refractivity contribution in [2.24, 2.45) is 7.05 Å². The number of likely N-dealkylation sites (N-methyl/N-ethyl adjacent to an activating group) is 1. The Morgan fingerprint density at radius 1 is 1.43 bits per heavy atom. The minimum absolute atomic E-state index is 0.0984. The van der Waals surface area contributed by atoms with E-state index in [9.17, 15) is 4.79 Å². The summed E-state index contributed by atoms with van der Waals surface area (Å²) in [5.74, 6) is -0.0984. The van der Waals surface area contributed by atoms with E-state index in [1.807, 2.05) is 20.2 Å². The molecule has 2 aromatic heterocycles. The Morgan fingerprint density at radius 3 is 2.81 bits per heavy atom. The quantitative estimate of drug-likeness (QED) is 0.794. The lowest BCUT2D eigenvalue weighted by atomic mass is 10.3. The highest BCUT2D eigenvalue weighted by Crippen LogP contribution is 2.17. The second-order valence-electron chi connectivity index (χ2n) is 4.73. The van der Waals surface area contributed by atoms with Crippen molar-refractivity contribution < 1.29 is 4.79 Å². The molecule has 0 saturated carbocycles. The normalized spacial score (nSPS) is 11.2. The number of hydrogen-bond acceptors (Lipinski definition) is 3. The van der Waals surface area contributed by atoms with Crippen LogP contribution in [0, 0.1) is 0 Å².